The van der Waals surface area contributed by atoms with Crippen molar-refractivity contribution in [3.8, 4) is 0 Å². The maximum absolute atomic E-state index is 14.0. The van der Waals surface area contributed by atoms with Gasteiger partial charge in [0.2, 0.25) is 5.91 Å². The lowest BCUT2D eigenvalue weighted by Gasteiger charge is -2.27. The molecule has 5 N–H and O–H groups in total. The smallest absolute Gasteiger partial charge is 0.411 e. The number of likely N-dealkylation sites (tertiary alicyclic amines) is 2. The summed E-state index contributed by atoms with van der Waals surface area (Å²) < 4.78 is 67.4. The van der Waals surface area contributed by atoms with Gasteiger partial charge in [0, 0.05) is 28.4 Å². The largest absolute Gasteiger partial charge is 0.444 e. The molecule has 1 aromatic heterocycles. The van der Waals surface area contributed by atoms with Crippen molar-refractivity contribution in [2.24, 2.45) is 5.73 Å². The molecule has 0 spiro atoms. The molecular weight excluding hydrogens is 944 g/mol. The van der Waals surface area contributed by atoms with Crippen molar-refractivity contribution in [1.29, 1.82) is 0 Å². The third-order valence-corrected chi connectivity index (χ3v) is 8.59. The Kier molecular flexibility index (Phi) is 18.6. The molecule has 2 saturated heterocycles. The Morgan fingerprint density at radius 3 is 1.91 bits per heavy atom. The number of carbonyl (C=O) groups is 4. The van der Waals surface area contributed by atoms with Crippen molar-refractivity contribution in [3.05, 3.63) is 67.1 Å². The topological polar surface area (TPSA) is 197 Å². The number of amides is 4. The number of primary amides is 1. The lowest BCUT2D eigenvalue weighted by atomic mass is 10.1. The Morgan fingerprint density at radius 2 is 1.38 bits per heavy atom. The number of aromatic nitrogens is 2. The molecule has 2 aliphatic rings. The summed E-state index contributed by atoms with van der Waals surface area (Å²) in [5.74, 6) is -7.96. The minimum atomic E-state index is -3.23. The molecule has 3 heterocycles. The summed E-state index contributed by atoms with van der Waals surface area (Å²) in [7, 11) is 0. The van der Waals surface area contributed by atoms with Crippen molar-refractivity contribution in [2.75, 3.05) is 25.0 Å². The van der Waals surface area contributed by atoms with Gasteiger partial charge in [0.1, 0.15) is 23.1 Å². The third-order valence-electron chi connectivity index (χ3n) is 7.61. The van der Waals surface area contributed by atoms with E-state index in [-0.39, 0.29) is 50.7 Å². The second-order valence-electron chi connectivity index (χ2n) is 14.8. The van der Waals surface area contributed by atoms with E-state index in [1.165, 1.54) is 12.1 Å². The van der Waals surface area contributed by atoms with Crippen molar-refractivity contribution in [3.63, 3.8) is 0 Å². The van der Waals surface area contributed by atoms with E-state index in [1.54, 1.807) is 72.7 Å². The van der Waals surface area contributed by atoms with Gasteiger partial charge in [-0.1, -0.05) is 31.9 Å². The summed E-state index contributed by atoms with van der Waals surface area (Å²) in [5, 5.41) is 10.3. The maximum Gasteiger partial charge on any atom is 0.411 e. The number of benzene rings is 2. The van der Waals surface area contributed by atoms with Crippen molar-refractivity contribution in [1.82, 2.24) is 19.8 Å². The highest BCUT2D eigenvalue weighted by atomic mass is 79.9. The van der Waals surface area contributed by atoms with Crippen molar-refractivity contribution >= 4 is 99.4 Å². The van der Waals surface area contributed by atoms with Crippen molar-refractivity contribution < 1.29 is 51.3 Å². The molecule has 14 nitrogen and oxygen atoms in total. The highest BCUT2D eigenvalue weighted by molar-refractivity contribution is 9.10. The normalized spacial score (nSPS) is 18.0. The molecule has 2 atom stereocenters. The molecule has 58 heavy (non-hydrogen) atoms. The fourth-order valence-corrected chi connectivity index (χ4v) is 6.19. The lowest BCUT2D eigenvalue weighted by molar-refractivity contribution is -0.120. The van der Waals surface area contributed by atoms with Crippen LogP contribution in [0.15, 0.2) is 50.1 Å². The number of halogens is 6. The zero-order chi connectivity index (χ0) is 42.6. The van der Waals surface area contributed by atoms with Gasteiger partial charge < -0.3 is 30.6 Å². The number of hydrogen-bond donors (Lipinski definition) is 4. The number of nitrogens with one attached hydrogen (secondary N) is 2. The van der Waals surface area contributed by atoms with Gasteiger partial charge in [-0.3, -0.25) is 24.2 Å². The first-order chi connectivity index (χ1) is 25.7. The molecule has 0 radical (unpaired) electrons. The van der Waals surface area contributed by atoms with E-state index >= 15 is 0 Å². The van der Waals surface area contributed by atoms with E-state index in [9.17, 15) is 41.5 Å². The molecular formula is C36H48Br2F4N6O8S2. The van der Waals surface area contributed by atoms with E-state index < -0.39 is 90.6 Å². The Hall–Kier alpha value is -3.60. The van der Waals surface area contributed by atoms with Crippen LogP contribution in [0.1, 0.15) is 83.5 Å². The number of carbonyl (C=O) groups excluding carboxylic acids is 4. The number of H-pyrrole nitrogens is 1. The van der Waals surface area contributed by atoms with Gasteiger partial charge in [0.05, 0.1) is 41.3 Å². The molecule has 0 bridgehead atoms. The number of hydrogen-bond acceptors (Lipinski definition) is 9. The van der Waals surface area contributed by atoms with Crippen LogP contribution >= 0.6 is 58.9 Å². The molecule has 0 unspecified atom stereocenters. The van der Waals surface area contributed by atoms with Gasteiger partial charge in [-0.05, 0) is 84.9 Å². The standard InChI is InChI=1S/C17H20BrF2N3O4.C17H18BrF2N3O3.C2H6O.2H2S/c1-16(2,3)27-15(26)23-8-17(19,20)7-12(23)14(25)22-11-6-9(18)4-5-10(11)13(21)24;1-16(2,3)26-15(25)23-8-17(19,20)7-12(23)13-21-11-6-9(18)4-5-10(11)14(24)22-13;1-2-3;;/h4-6,12H,7-8H2,1-3H3,(H2,21,24)(H,22,25);4-6,12H,7-8H2,1-3H3,(H,21,22,24);3H,2H2,1H3;2*1H2/t2*12-;;;/m00.../s1. The van der Waals surface area contributed by atoms with E-state index in [0.29, 0.717) is 24.7 Å². The highest BCUT2D eigenvalue weighted by Gasteiger charge is 2.52. The summed E-state index contributed by atoms with van der Waals surface area (Å²) in [4.78, 5) is 69.5. The lowest BCUT2D eigenvalue weighted by Crippen LogP contribution is -2.45. The molecule has 3 aromatic rings. The minimum absolute atomic E-state index is 0. The molecule has 2 aromatic carbocycles. The molecule has 324 valence electrons. The molecule has 4 amide bonds. The van der Waals surface area contributed by atoms with Crippen LogP contribution in [0.3, 0.4) is 0 Å². The van der Waals surface area contributed by atoms with Crippen LogP contribution in [-0.2, 0) is 14.3 Å². The monoisotopic (exact) mass is 990 g/mol. The minimum Gasteiger partial charge on any atom is -0.444 e. The van der Waals surface area contributed by atoms with E-state index in [1.807, 2.05) is 0 Å². The summed E-state index contributed by atoms with van der Waals surface area (Å²) in [6.45, 7) is 9.96. The highest BCUT2D eigenvalue weighted by Crippen LogP contribution is 2.41. The summed E-state index contributed by atoms with van der Waals surface area (Å²) in [6.07, 6.45) is -3.35. The predicted octanol–water partition coefficient (Wildman–Crippen LogP) is 7.36. The SMILES string of the molecule is CC(C)(C)OC(=O)N1CC(F)(F)C[C@H]1C(=O)Nc1cc(Br)ccc1C(N)=O.CC(C)(C)OC(=O)N1CC(F)(F)C[C@H]1c1nc2cc(Br)ccc2c(=O)[nH]1.CCO.S.S. The average Bonchev–Trinajstić information content (AvgIpc) is 3.55. The van der Waals surface area contributed by atoms with E-state index in [0.717, 1.165) is 4.90 Å². The average molecular weight is 993 g/mol. The molecule has 2 fully saturated rings. The quantitative estimate of drug-likeness (QED) is 0.193. The second-order valence-corrected chi connectivity index (χ2v) is 16.7. The van der Waals surface area contributed by atoms with Crippen LogP contribution in [-0.4, -0.2) is 97.7 Å². The summed E-state index contributed by atoms with van der Waals surface area (Å²) >= 11 is 6.49. The molecule has 22 heteroatoms. The predicted molar refractivity (Wildman–Crippen MR) is 226 cm³/mol. The number of aliphatic hydroxyl groups is 1. The zero-order valence-corrected chi connectivity index (χ0v) is 37.8. The number of aliphatic hydroxyl groups excluding tert-OH is 1. The second kappa shape index (κ2) is 20.6. The Balaban J connectivity index is 0.000000526. The summed E-state index contributed by atoms with van der Waals surface area (Å²) in [6, 6.07) is 6.73. The number of fused-ring (bicyclic) bond motifs is 1. The number of alkyl halides is 4. The van der Waals surface area contributed by atoms with Crippen LogP contribution in [0.25, 0.3) is 10.9 Å². The Labute approximate surface area is 363 Å². The number of aromatic amines is 1. The van der Waals surface area contributed by atoms with Gasteiger partial charge in [-0.15, -0.1) is 0 Å². The first-order valence-corrected chi connectivity index (χ1v) is 18.7. The van der Waals surface area contributed by atoms with Crippen molar-refractivity contribution in [2.45, 2.75) is 96.4 Å². The van der Waals surface area contributed by atoms with Crippen LogP contribution in [0.2, 0.25) is 0 Å². The first kappa shape index (κ1) is 52.4. The van der Waals surface area contributed by atoms with Crippen LogP contribution in [0, 0.1) is 0 Å². The van der Waals surface area contributed by atoms with E-state index in [4.69, 9.17) is 20.3 Å². The van der Waals surface area contributed by atoms with Gasteiger partial charge in [0.25, 0.3) is 23.3 Å². The van der Waals surface area contributed by atoms with Crippen LogP contribution < -0.4 is 16.6 Å². The number of rotatable bonds is 4. The first-order valence-electron chi connectivity index (χ1n) is 17.1. The maximum atomic E-state index is 14.0. The van der Waals surface area contributed by atoms with Crippen LogP contribution in [0.5, 0.6) is 0 Å². The molecule has 5 rings (SSSR count). The Morgan fingerprint density at radius 1 is 0.897 bits per heavy atom. The van der Waals surface area contributed by atoms with Gasteiger partial charge in [-0.25, -0.2) is 32.1 Å². The third kappa shape index (κ3) is 14.9. The number of ether oxygens (including phenoxy) is 2. The number of nitrogens with zero attached hydrogens (tertiary/aromatic N) is 3. The number of nitrogens with two attached hydrogens (primary N) is 1. The Bertz CT molecular complexity index is 2020. The molecule has 2 aliphatic heterocycles. The van der Waals surface area contributed by atoms with Gasteiger partial charge in [0.15, 0.2) is 0 Å². The number of anilines is 1. The fraction of sp³-hybridized carbons (Fsp3) is 0.500. The fourth-order valence-electron chi connectivity index (χ4n) is 5.48. The zero-order valence-electron chi connectivity index (χ0n) is 32.6. The van der Waals surface area contributed by atoms with Gasteiger partial charge in [-0.2, -0.15) is 27.0 Å². The van der Waals surface area contributed by atoms with Gasteiger partial charge >= 0.3 is 12.2 Å². The van der Waals surface area contributed by atoms with Crippen LogP contribution in [0.4, 0.5) is 32.8 Å². The van der Waals surface area contributed by atoms with E-state index in [2.05, 4.69) is 47.1 Å². The molecule has 0 saturated carbocycles. The summed E-state index contributed by atoms with van der Waals surface area (Å²) in [5.41, 5.74) is 3.53. The molecule has 0 aliphatic carbocycles.